The summed E-state index contributed by atoms with van der Waals surface area (Å²) in [5, 5.41) is 65.4. The molecule has 66 heavy (non-hydrogen) atoms. The predicted molar refractivity (Wildman–Crippen MR) is 244 cm³/mol. The summed E-state index contributed by atoms with van der Waals surface area (Å²) < 4.78 is 49.4. The van der Waals surface area contributed by atoms with Crippen molar-refractivity contribution < 1.29 is 13.2 Å². The van der Waals surface area contributed by atoms with E-state index in [4.69, 9.17) is 0 Å². The van der Waals surface area contributed by atoms with Gasteiger partial charge in [0, 0.05) is 32.9 Å². The molecule has 0 fully saturated rings. The molecule has 0 radical (unpaired) electrons. The molecule has 2 aromatic heterocycles. The van der Waals surface area contributed by atoms with E-state index in [2.05, 4.69) is 30.3 Å². The van der Waals surface area contributed by atoms with Gasteiger partial charge in [0.15, 0.2) is 0 Å². The largest absolute Gasteiger partial charge is 0.417 e. The van der Waals surface area contributed by atoms with Gasteiger partial charge in [0.1, 0.15) is 11.6 Å². The van der Waals surface area contributed by atoms with E-state index in [-0.39, 0.29) is 27.9 Å². The zero-order chi connectivity index (χ0) is 45.9. The van der Waals surface area contributed by atoms with Crippen molar-refractivity contribution in [2.24, 2.45) is 0 Å². The molecule has 0 bridgehead atoms. The van der Waals surface area contributed by atoms with Gasteiger partial charge in [0.25, 0.3) is 0 Å². The fourth-order valence-corrected chi connectivity index (χ4v) is 9.45. The number of alkyl halides is 3. The SMILES string of the molecule is N#CC1=CCC(=c2ccc3c4c(n(-c5ccc(-c6c(C#N)cccc6C(F)(F)F)c(-n6c7ccccc7c7ccc(-c8ccc(C#N)cc8C#N)cc76)c5C#N)c3c2)=CC=CC4)C(C#N)=C1. The van der Waals surface area contributed by atoms with Crippen molar-refractivity contribution in [2.45, 2.75) is 19.0 Å². The second-order valence-corrected chi connectivity index (χ2v) is 15.7. The lowest BCUT2D eigenvalue weighted by atomic mass is 9.90. The van der Waals surface area contributed by atoms with Gasteiger partial charge < -0.3 is 9.13 Å². The third-order valence-corrected chi connectivity index (χ3v) is 12.3. The second kappa shape index (κ2) is 15.6. The maximum absolute atomic E-state index is 15.2. The minimum Gasteiger partial charge on any atom is -0.308 e. The highest BCUT2D eigenvalue weighted by Gasteiger charge is 2.37. The number of halogens is 3. The highest BCUT2D eigenvalue weighted by Crippen LogP contribution is 2.46. The predicted octanol–water partition coefficient (Wildman–Crippen LogP) is 10.9. The van der Waals surface area contributed by atoms with Crippen molar-refractivity contribution in [2.75, 3.05) is 0 Å². The molecule has 0 amide bonds. The Labute approximate surface area is 374 Å². The van der Waals surface area contributed by atoms with E-state index >= 15 is 13.2 Å². The first kappa shape index (κ1) is 40.4. The van der Waals surface area contributed by atoms with Crippen LogP contribution < -0.4 is 10.6 Å². The standard InChI is InChI=1S/C55H27F3N8/c56-55(57,58)47-9-5-6-36(28-61)53(47)45-20-21-50(65-48-10-3-1-7-41(48)43-18-14-34(24-51(43)65)39-16-12-32(26-59)22-37(39)29-62)46(31-64)54(45)66-49-11-4-2-8-42(49)44-19-15-35(25-52(44)66)40-17-13-33(27-60)23-38(40)30-63/h1-6,8-15,17-25H,7,16H2. The Morgan fingerprint density at radius 3 is 2.12 bits per heavy atom. The molecule has 8 aromatic rings. The molecule has 10 rings (SSSR count). The molecule has 0 aliphatic heterocycles. The van der Waals surface area contributed by atoms with Gasteiger partial charge in [-0.2, -0.15) is 44.7 Å². The average molecular weight is 857 g/mol. The molecule has 308 valence electrons. The van der Waals surface area contributed by atoms with Gasteiger partial charge in [-0.15, -0.1) is 0 Å². The van der Waals surface area contributed by atoms with Gasteiger partial charge in [-0.1, -0.05) is 78.9 Å². The lowest BCUT2D eigenvalue weighted by Gasteiger charge is -2.22. The number of aromatic nitrogens is 2. The van der Waals surface area contributed by atoms with Gasteiger partial charge in [-0.25, -0.2) is 0 Å². The van der Waals surface area contributed by atoms with Crippen LogP contribution >= 0.6 is 0 Å². The molecule has 0 saturated carbocycles. The summed E-state index contributed by atoms with van der Waals surface area (Å²) in [6.07, 6.45) is 5.14. The normalized spacial score (nSPS) is 13.9. The van der Waals surface area contributed by atoms with Crippen molar-refractivity contribution in [3.8, 4) is 70.0 Å². The Hall–Kier alpha value is -9.65. The monoisotopic (exact) mass is 856 g/mol. The quantitative estimate of drug-likeness (QED) is 0.172. The summed E-state index contributed by atoms with van der Waals surface area (Å²) in [6, 6.07) is 43.1. The molecule has 2 heterocycles. The van der Waals surface area contributed by atoms with E-state index in [1.54, 1.807) is 41.0 Å². The third-order valence-electron chi connectivity index (χ3n) is 12.3. The van der Waals surface area contributed by atoms with Crippen molar-refractivity contribution in [1.29, 1.82) is 31.6 Å². The number of allylic oxidation sites excluding steroid dienone is 6. The van der Waals surface area contributed by atoms with Crippen molar-refractivity contribution in [1.82, 2.24) is 9.13 Å². The lowest BCUT2D eigenvalue weighted by Crippen LogP contribution is -2.21. The first-order valence-corrected chi connectivity index (χ1v) is 20.5. The first-order chi connectivity index (χ1) is 32.1. The summed E-state index contributed by atoms with van der Waals surface area (Å²) in [6.45, 7) is 0. The minimum atomic E-state index is -4.90. The fraction of sp³-hybridized carbons (Fsp3) is 0.0545. The Morgan fingerprint density at radius 2 is 1.36 bits per heavy atom. The molecule has 2 aliphatic rings. The minimum absolute atomic E-state index is 0.00934. The molecule has 0 saturated heterocycles. The van der Waals surface area contributed by atoms with Gasteiger partial charge in [0.2, 0.25) is 0 Å². The van der Waals surface area contributed by atoms with Gasteiger partial charge >= 0.3 is 6.18 Å². The maximum Gasteiger partial charge on any atom is 0.417 e. The third kappa shape index (κ3) is 6.25. The average Bonchev–Trinajstić information content (AvgIpc) is 3.86. The van der Waals surface area contributed by atoms with Crippen LogP contribution in [0.15, 0.2) is 145 Å². The Kier molecular flexibility index (Phi) is 9.56. The second-order valence-electron chi connectivity index (χ2n) is 15.7. The Morgan fingerprint density at radius 1 is 0.591 bits per heavy atom. The maximum atomic E-state index is 15.2. The van der Waals surface area contributed by atoms with Crippen LogP contribution in [0.25, 0.3) is 78.0 Å². The number of nitrogens with zero attached hydrogens (tertiary/aromatic N) is 8. The molecule has 11 heteroatoms. The Balaban J connectivity index is 1.38. The molecule has 2 aliphatic carbocycles. The van der Waals surface area contributed by atoms with Crippen LogP contribution in [-0.4, -0.2) is 9.13 Å². The molecule has 0 spiro atoms. The van der Waals surface area contributed by atoms with Gasteiger partial charge in [0.05, 0.1) is 91.4 Å². The molecule has 0 N–H and O–H groups in total. The van der Waals surface area contributed by atoms with Crippen LogP contribution in [0.1, 0.15) is 39.8 Å². The highest BCUT2D eigenvalue weighted by atomic mass is 19.4. The number of para-hydroxylation sites is 1. The number of fused-ring (bicyclic) bond motifs is 6. The molecule has 8 nitrogen and oxygen atoms in total. The van der Waals surface area contributed by atoms with E-state index in [1.807, 2.05) is 83.5 Å². The van der Waals surface area contributed by atoms with Crippen LogP contribution in [0.5, 0.6) is 0 Å². The van der Waals surface area contributed by atoms with E-state index < -0.39 is 17.3 Å². The number of nitriles is 6. The number of rotatable bonds is 4. The molecule has 0 atom stereocenters. The zero-order valence-electron chi connectivity index (χ0n) is 34.4. The first-order valence-electron chi connectivity index (χ1n) is 20.5. The number of benzene rings is 6. The Bertz CT molecular complexity index is 4000. The van der Waals surface area contributed by atoms with Crippen molar-refractivity contribution in [3.05, 3.63) is 189 Å². The van der Waals surface area contributed by atoms with E-state index in [1.165, 1.54) is 24.3 Å². The van der Waals surface area contributed by atoms with Gasteiger partial charge in [-0.05, 0) is 101 Å². The van der Waals surface area contributed by atoms with Crippen LogP contribution in [0.2, 0.25) is 0 Å². The summed E-state index contributed by atoms with van der Waals surface area (Å²) in [5.74, 6) is 0. The van der Waals surface area contributed by atoms with Crippen LogP contribution in [0.3, 0.4) is 0 Å². The summed E-state index contributed by atoms with van der Waals surface area (Å²) in [5.41, 5.74) is 4.54. The van der Waals surface area contributed by atoms with E-state index in [0.717, 1.165) is 33.0 Å². The molecule has 0 unspecified atom stereocenters. The topological polar surface area (TPSA) is 153 Å². The summed E-state index contributed by atoms with van der Waals surface area (Å²) in [7, 11) is 0. The van der Waals surface area contributed by atoms with Crippen molar-refractivity contribution in [3.63, 3.8) is 0 Å². The van der Waals surface area contributed by atoms with Crippen molar-refractivity contribution >= 4 is 44.4 Å². The fourth-order valence-electron chi connectivity index (χ4n) is 9.45. The smallest absolute Gasteiger partial charge is 0.308 e. The van der Waals surface area contributed by atoms with Crippen LogP contribution in [0, 0.1) is 68.0 Å². The van der Waals surface area contributed by atoms with Gasteiger partial charge in [-0.3, -0.25) is 0 Å². The molecular weight excluding hydrogens is 830 g/mol. The number of hydrogen-bond acceptors (Lipinski definition) is 6. The molecule has 6 aromatic carbocycles. The summed E-state index contributed by atoms with van der Waals surface area (Å²) >= 11 is 0. The number of hydrogen-bond donors (Lipinski definition) is 0. The van der Waals surface area contributed by atoms with E-state index in [9.17, 15) is 31.6 Å². The summed E-state index contributed by atoms with van der Waals surface area (Å²) in [4.78, 5) is 0. The highest BCUT2D eigenvalue weighted by molar-refractivity contribution is 6.11. The van der Waals surface area contributed by atoms with Crippen LogP contribution in [-0.2, 0) is 12.6 Å². The van der Waals surface area contributed by atoms with E-state index in [0.29, 0.717) is 73.9 Å². The van der Waals surface area contributed by atoms with Crippen LogP contribution in [0.4, 0.5) is 13.2 Å². The zero-order valence-corrected chi connectivity index (χ0v) is 34.4. The lowest BCUT2D eigenvalue weighted by molar-refractivity contribution is -0.137. The molecular formula is C55H27F3N8.